The van der Waals surface area contributed by atoms with E-state index in [1.54, 1.807) is 0 Å². The molecule has 48 heavy (non-hydrogen) atoms. The van der Waals surface area contributed by atoms with Crippen LogP contribution in [0, 0.1) is 0 Å². The Hall–Kier alpha value is -2.03. The van der Waals surface area contributed by atoms with E-state index < -0.39 is 26.5 Å². The van der Waals surface area contributed by atoms with E-state index in [0.29, 0.717) is 6.42 Å². The van der Waals surface area contributed by atoms with Crippen molar-refractivity contribution in [1.29, 1.82) is 0 Å². The number of aliphatic hydroxyl groups excluding tert-OH is 1. The quantitative estimate of drug-likeness (QED) is 0.0262. The molecule has 0 aliphatic carbocycles. The standard InChI is InChI=1S/C38H68NO8P/c1-3-5-7-9-11-13-15-17-18-19-20-22-24-26-28-30-37(41)39-32-33-46-48(43,44)47-35-36(40)34-45-38(42)31-29-27-25-23-21-16-14-12-10-8-6-4-2/h5,7,11-14,17-18,36,40H,3-4,6,8-10,15-16,19-35H2,1-2H3,(H,39,41)(H,43,44)/b7-5-,13-11-,14-12-,18-17-. The number of ether oxygens (including phenoxy) is 1. The summed E-state index contributed by atoms with van der Waals surface area (Å²) in [6.07, 6.45) is 37.5. The second-order valence-electron chi connectivity index (χ2n) is 12.2. The van der Waals surface area contributed by atoms with E-state index in [1.165, 1.54) is 25.7 Å². The summed E-state index contributed by atoms with van der Waals surface area (Å²) in [5, 5.41) is 12.6. The van der Waals surface area contributed by atoms with Crippen LogP contribution in [0.15, 0.2) is 48.6 Å². The van der Waals surface area contributed by atoms with E-state index in [0.717, 1.165) is 96.3 Å². The Morgan fingerprint density at radius 3 is 1.81 bits per heavy atom. The first kappa shape index (κ1) is 46.0. The first-order valence-corrected chi connectivity index (χ1v) is 20.1. The van der Waals surface area contributed by atoms with Crippen molar-refractivity contribution in [3.8, 4) is 0 Å². The average molecular weight is 698 g/mol. The first-order valence-electron chi connectivity index (χ1n) is 18.6. The van der Waals surface area contributed by atoms with Crippen molar-refractivity contribution >= 4 is 19.7 Å². The number of hydrogen-bond donors (Lipinski definition) is 3. The van der Waals surface area contributed by atoms with Gasteiger partial charge in [0.15, 0.2) is 0 Å². The molecule has 0 aromatic heterocycles. The summed E-state index contributed by atoms with van der Waals surface area (Å²) in [6.45, 7) is 3.36. The lowest BCUT2D eigenvalue weighted by Gasteiger charge is -2.15. The predicted molar refractivity (Wildman–Crippen MR) is 197 cm³/mol. The zero-order valence-electron chi connectivity index (χ0n) is 30.2. The number of nitrogens with one attached hydrogen (secondary N) is 1. The summed E-state index contributed by atoms with van der Waals surface area (Å²) in [4.78, 5) is 33.7. The average Bonchev–Trinajstić information content (AvgIpc) is 3.07. The smallest absolute Gasteiger partial charge is 0.463 e. The molecule has 0 spiro atoms. The molecule has 0 saturated carbocycles. The molecule has 1 amide bonds. The minimum absolute atomic E-state index is 0.0695. The molecule has 0 saturated heterocycles. The highest BCUT2D eigenvalue weighted by Gasteiger charge is 2.23. The molecule has 0 aromatic carbocycles. The normalized spacial score (nSPS) is 14.0. The van der Waals surface area contributed by atoms with Gasteiger partial charge in [-0.15, -0.1) is 0 Å². The Balaban J connectivity index is 3.67. The molecule has 0 heterocycles. The van der Waals surface area contributed by atoms with E-state index in [1.807, 2.05) is 0 Å². The van der Waals surface area contributed by atoms with Crippen LogP contribution >= 0.6 is 7.82 Å². The minimum Gasteiger partial charge on any atom is -0.463 e. The molecule has 0 bridgehead atoms. The van der Waals surface area contributed by atoms with Gasteiger partial charge in [-0.2, -0.15) is 0 Å². The van der Waals surface area contributed by atoms with Gasteiger partial charge in [-0.3, -0.25) is 18.6 Å². The molecule has 0 rings (SSSR count). The summed E-state index contributed by atoms with van der Waals surface area (Å²) >= 11 is 0. The van der Waals surface area contributed by atoms with Crippen LogP contribution in [0.3, 0.4) is 0 Å². The number of unbranched alkanes of at least 4 members (excludes halogenated alkanes) is 13. The maximum Gasteiger partial charge on any atom is 0.472 e. The summed E-state index contributed by atoms with van der Waals surface area (Å²) in [5.74, 6) is -0.548. The van der Waals surface area contributed by atoms with Crippen LogP contribution < -0.4 is 5.32 Å². The van der Waals surface area contributed by atoms with E-state index in [9.17, 15) is 24.2 Å². The van der Waals surface area contributed by atoms with Gasteiger partial charge in [0.05, 0.1) is 13.2 Å². The third-order valence-corrected chi connectivity index (χ3v) is 8.48. The fourth-order valence-corrected chi connectivity index (χ4v) is 5.44. The van der Waals surface area contributed by atoms with Gasteiger partial charge < -0.3 is 20.1 Å². The summed E-state index contributed by atoms with van der Waals surface area (Å²) in [6, 6.07) is 0. The van der Waals surface area contributed by atoms with Crippen LogP contribution in [0.2, 0.25) is 0 Å². The number of phosphoric ester groups is 1. The van der Waals surface area contributed by atoms with E-state index in [-0.39, 0.29) is 32.1 Å². The number of phosphoric acid groups is 1. The molecule has 3 N–H and O–H groups in total. The molecule has 2 unspecified atom stereocenters. The number of carbonyl (C=O) groups is 2. The Morgan fingerprint density at radius 2 is 1.19 bits per heavy atom. The third kappa shape index (κ3) is 35.3. The number of allylic oxidation sites excluding steroid dienone is 8. The van der Waals surface area contributed by atoms with Crippen LogP contribution in [-0.4, -0.2) is 54.3 Å². The topological polar surface area (TPSA) is 131 Å². The van der Waals surface area contributed by atoms with E-state index in [4.69, 9.17) is 13.8 Å². The lowest BCUT2D eigenvalue weighted by molar-refractivity contribution is -0.147. The molecule has 10 heteroatoms. The van der Waals surface area contributed by atoms with Gasteiger partial charge in [0.1, 0.15) is 12.7 Å². The number of carbonyl (C=O) groups excluding carboxylic acids is 2. The van der Waals surface area contributed by atoms with Crippen molar-refractivity contribution in [3.05, 3.63) is 48.6 Å². The Labute approximate surface area is 292 Å². The van der Waals surface area contributed by atoms with Gasteiger partial charge in [0.25, 0.3) is 0 Å². The SMILES string of the molecule is CC/C=C\C/C=C\C/C=C\CCCCCCCC(=O)NCCOP(=O)(O)OCC(O)COC(=O)CCCCCCC/C=C\CCCCC. The molecular weight excluding hydrogens is 629 g/mol. The van der Waals surface area contributed by atoms with Gasteiger partial charge in [-0.1, -0.05) is 114 Å². The van der Waals surface area contributed by atoms with Crippen molar-refractivity contribution < 1.29 is 37.9 Å². The monoisotopic (exact) mass is 697 g/mol. The van der Waals surface area contributed by atoms with Gasteiger partial charge in [0.2, 0.25) is 5.91 Å². The number of esters is 1. The van der Waals surface area contributed by atoms with Crippen molar-refractivity contribution in [1.82, 2.24) is 5.32 Å². The van der Waals surface area contributed by atoms with Crippen LogP contribution in [-0.2, 0) is 27.9 Å². The van der Waals surface area contributed by atoms with E-state index in [2.05, 4.69) is 67.8 Å². The zero-order valence-corrected chi connectivity index (χ0v) is 31.1. The third-order valence-electron chi connectivity index (χ3n) is 7.49. The molecule has 2 atom stereocenters. The van der Waals surface area contributed by atoms with E-state index >= 15 is 0 Å². The van der Waals surface area contributed by atoms with Crippen LogP contribution in [0.4, 0.5) is 0 Å². The van der Waals surface area contributed by atoms with Gasteiger partial charge >= 0.3 is 13.8 Å². The maximum atomic E-state index is 12.0. The lowest BCUT2D eigenvalue weighted by atomic mass is 10.1. The number of aliphatic hydroxyl groups is 1. The lowest BCUT2D eigenvalue weighted by Crippen LogP contribution is -2.27. The molecule has 9 nitrogen and oxygen atoms in total. The largest absolute Gasteiger partial charge is 0.472 e. The summed E-state index contributed by atoms with van der Waals surface area (Å²) in [7, 11) is -4.42. The zero-order chi connectivity index (χ0) is 35.4. The van der Waals surface area contributed by atoms with Crippen molar-refractivity contribution in [2.75, 3.05) is 26.4 Å². The first-order chi connectivity index (χ1) is 23.3. The molecule has 0 fully saturated rings. The second kappa shape index (κ2) is 34.8. The second-order valence-corrected chi connectivity index (χ2v) is 13.6. The van der Waals surface area contributed by atoms with Crippen LogP contribution in [0.25, 0.3) is 0 Å². The highest BCUT2D eigenvalue weighted by molar-refractivity contribution is 7.47. The Bertz CT molecular complexity index is 934. The Morgan fingerprint density at radius 1 is 0.667 bits per heavy atom. The van der Waals surface area contributed by atoms with Crippen molar-refractivity contribution in [2.24, 2.45) is 0 Å². The molecular formula is C38H68NO8P. The highest BCUT2D eigenvalue weighted by Crippen LogP contribution is 2.42. The fraction of sp³-hybridized carbons (Fsp3) is 0.737. The molecule has 0 aliphatic rings. The predicted octanol–water partition coefficient (Wildman–Crippen LogP) is 9.60. The van der Waals surface area contributed by atoms with Crippen molar-refractivity contribution in [3.63, 3.8) is 0 Å². The van der Waals surface area contributed by atoms with Crippen LogP contribution in [0.5, 0.6) is 0 Å². The fourth-order valence-electron chi connectivity index (χ4n) is 4.68. The van der Waals surface area contributed by atoms with Gasteiger partial charge in [-0.25, -0.2) is 4.57 Å². The van der Waals surface area contributed by atoms with Crippen molar-refractivity contribution in [2.45, 2.75) is 155 Å². The molecule has 0 radical (unpaired) electrons. The van der Waals surface area contributed by atoms with Gasteiger partial charge in [-0.05, 0) is 70.6 Å². The minimum atomic E-state index is -4.42. The molecule has 0 aromatic rings. The number of rotatable bonds is 34. The van der Waals surface area contributed by atoms with Crippen LogP contribution in [0.1, 0.15) is 149 Å². The molecule has 0 aliphatic heterocycles. The Kier molecular flexibility index (Phi) is 33.3. The summed E-state index contributed by atoms with van der Waals surface area (Å²) < 4.78 is 26.7. The highest BCUT2D eigenvalue weighted by atomic mass is 31.2. The number of hydrogen-bond acceptors (Lipinski definition) is 7. The number of amides is 1. The molecule has 278 valence electrons. The summed E-state index contributed by atoms with van der Waals surface area (Å²) in [5.41, 5.74) is 0. The maximum absolute atomic E-state index is 12.0. The van der Waals surface area contributed by atoms with Gasteiger partial charge in [0, 0.05) is 19.4 Å².